The van der Waals surface area contributed by atoms with Crippen LogP contribution in [-0.2, 0) is 32.3 Å². The van der Waals surface area contributed by atoms with Crippen molar-refractivity contribution in [2.75, 3.05) is 0 Å². The van der Waals surface area contributed by atoms with E-state index in [1.807, 2.05) is 48.5 Å². The smallest absolute Gasteiger partial charge is 0.334 e. The molecule has 0 spiro atoms. The Morgan fingerprint density at radius 3 is 1.96 bits per heavy atom. The lowest BCUT2D eigenvalue weighted by atomic mass is 10.2. The molecule has 130 valence electrons. The van der Waals surface area contributed by atoms with Crippen molar-refractivity contribution in [3.8, 4) is 0 Å². The number of carbonyl (C=O) groups excluding carboxylic acids is 2. The van der Waals surface area contributed by atoms with E-state index in [2.05, 4.69) is 31.9 Å². The number of hydrogen-bond acceptors (Lipinski definition) is 4. The normalized spacial score (nSPS) is 11.1. The molecule has 0 saturated carbocycles. The highest BCUT2D eigenvalue weighted by Gasteiger charge is 2.10. The summed E-state index contributed by atoms with van der Waals surface area (Å²) < 4.78 is 12.1. The standard InChI is InChI=1S/C19H16Br2O4/c1-13(19(23)25-12-15-5-3-7-17(21)10-15)8-18(22)24-11-14-4-2-6-16(20)9-14/h2-10H,11-12H2,1H3/b13-8+. The van der Waals surface area contributed by atoms with E-state index < -0.39 is 11.9 Å². The van der Waals surface area contributed by atoms with Crippen molar-refractivity contribution < 1.29 is 19.1 Å². The molecule has 0 unspecified atom stereocenters. The molecule has 0 bridgehead atoms. The Morgan fingerprint density at radius 1 is 0.920 bits per heavy atom. The number of hydrogen-bond donors (Lipinski definition) is 0. The van der Waals surface area contributed by atoms with Gasteiger partial charge < -0.3 is 9.47 Å². The van der Waals surface area contributed by atoms with Gasteiger partial charge in [0.05, 0.1) is 0 Å². The SMILES string of the molecule is C/C(=C\C(=O)OCc1cccc(Br)c1)C(=O)OCc1cccc(Br)c1. The fourth-order valence-corrected chi connectivity index (χ4v) is 2.84. The summed E-state index contributed by atoms with van der Waals surface area (Å²) in [7, 11) is 0. The van der Waals surface area contributed by atoms with Gasteiger partial charge in [0.25, 0.3) is 0 Å². The molecule has 0 aliphatic carbocycles. The van der Waals surface area contributed by atoms with Crippen LogP contribution in [0, 0.1) is 0 Å². The maximum Gasteiger partial charge on any atom is 0.334 e. The average Bonchev–Trinajstić information content (AvgIpc) is 2.58. The zero-order valence-corrected chi connectivity index (χ0v) is 16.7. The number of rotatable bonds is 6. The van der Waals surface area contributed by atoms with Gasteiger partial charge in [0.1, 0.15) is 13.2 Å². The molecule has 0 saturated heterocycles. The monoisotopic (exact) mass is 466 g/mol. The molecular formula is C19H16Br2O4. The van der Waals surface area contributed by atoms with Crippen molar-refractivity contribution in [3.63, 3.8) is 0 Å². The number of esters is 2. The van der Waals surface area contributed by atoms with E-state index in [0.29, 0.717) is 0 Å². The van der Waals surface area contributed by atoms with Gasteiger partial charge in [-0.1, -0.05) is 56.1 Å². The molecule has 0 atom stereocenters. The quantitative estimate of drug-likeness (QED) is 0.445. The Bertz CT molecular complexity index is 800. The lowest BCUT2D eigenvalue weighted by molar-refractivity contribution is -0.142. The Labute approximate surface area is 163 Å². The first-order valence-corrected chi connectivity index (χ1v) is 9.03. The van der Waals surface area contributed by atoms with Crippen LogP contribution in [-0.4, -0.2) is 11.9 Å². The van der Waals surface area contributed by atoms with Crippen LogP contribution in [0.4, 0.5) is 0 Å². The largest absolute Gasteiger partial charge is 0.458 e. The molecule has 4 nitrogen and oxygen atoms in total. The van der Waals surface area contributed by atoms with Gasteiger partial charge in [0.2, 0.25) is 0 Å². The fraction of sp³-hybridized carbons (Fsp3) is 0.158. The maximum absolute atomic E-state index is 11.9. The topological polar surface area (TPSA) is 52.6 Å². The van der Waals surface area contributed by atoms with E-state index in [1.165, 1.54) is 6.92 Å². The number of carbonyl (C=O) groups is 2. The number of benzene rings is 2. The van der Waals surface area contributed by atoms with Gasteiger partial charge in [-0.25, -0.2) is 9.59 Å². The van der Waals surface area contributed by atoms with E-state index in [1.54, 1.807) is 0 Å². The minimum Gasteiger partial charge on any atom is -0.458 e. The Morgan fingerprint density at radius 2 is 1.44 bits per heavy atom. The minimum absolute atomic E-state index is 0.134. The highest BCUT2D eigenvalue weighted by atomic mass is 79.9. The molecule has 2 aromatic carbocycles. The van der Waals surface area contributed by atoms with E-state index in [-0.39, 0.29) is 18.8 Å². The molecule has 0 aliphatic rings. The van der Waals surface area contributed by atoms with Gasteiger partial charge in [-0.05, 0) is 42.3 Å². The van der Waals surface area contributed by atoms with Crippen LogP contribution in [0.15, 0.2) is 69.1 Å². The molecular weight excluding hydrogens is 452 g/mol. The molecule has 0 N–H and O–H groups in total. The van der Waals surface area contributed by atoms with E-state index in [9.17, 15) is 9.59 Å². The van der Waals surface area contributed by atoms with Gasteiger partial charge in [-0.3, -0.25) is 0 Å². The van der Waals surface area contributed by atoms with Crippen molar-refractivity contribution in [1.29, 1.82) is 0 Å². The second-order valence-electron chi connectivity index (χ2n) is 5.27. The third kappa shape index (κ3) is 6.84. The molecule has 25 heavy (non-hydrogen) atoms. The summed E-state index contributed by atoms with van der Waals surface area (Å²) in [5.41, 5.74) is 1.90. The van der Waals surface area contributed by atoms with Gasteiger partial charge in [-0.15, -0.1) is 0 Å². The third-order valence-electron chi connectivity index (χ3n) is 3.19. The highest BCUT2D eigenvalue weighted by molar-refractivity contribution is 9.10. The van der Waals surface area contributed by atoms with Crippen LogP contribution in [0.3, 0.4) is 0 Å². The number of halogens is 2. The first-order chi connectivity index (χ1) is 11.9. The summed E-state index contributed by atoms with van der Waals surface area (Å²) in [6.07, 6.45) is 1.14. The van der Waals surface area contributed by atoms with Gasteiger partial charge in [0.15, 0.2) is 0 Å². The predicted octanol–water partition coefficient (Wildman–Crippen LogP) is 4.94. The van der Waals surface area contributed by atoms with Crippen molar-refractivity contribution in [2.24, 2.45) is 0 Å². The molecule has 0 radical (unpaired) electrons. The van der Waals surface area contributed by atoms with E-state index in [0.717, 1.165) is 26.1 Å². The summed E-state index contributed by atoms with van der Waals surface area (Å²) in [6, 6.07) is 14.9. The molecule has 0 amide bonds. The van der Waals surface area contributed by atoms with Crippen molar-refractivity contribution in [1.82, 2.24) is 0 Å². The highest BCUT2D eigenvalue weighted by Crippen LogP contribution is 2.14. The molecule has 2 aromatic rings. The van der Waals surface area contributed by atoms with Gasteiger partial charge >= 0.3 is 11.9 Å². The lowest BCUT2D eigenvalue weighted by Gasteiger charge is -2.06. The third-order valence-corrected chi connectivity index (χ3v) is 4.17. The maximum atomic E-state index is 11.9. The Kier molecular flexibility index (Phi) is 7.40. The van der Waals surface area contributed by atoms with Gasteiger partial charge in [0, 0.05) is 20.6 Å². The molecule has 2 rings (SSSR count). The fourth-order valence-electron chi connectivity index (χ4n) is 1.95. The molecule has 0 fully saturated rings. The van der Waals surface area contributed by atoms with Gasteiger partial charge in [-0.2, -0.15) is 0 Å². The van der Waals surface area contributed by atoms with Crippen molar-refractivity contribution in [3.05, 3.63) is 80.3 Å². The minimum atomic E-state index is -0.586. The van der Waals surface area contributed by atoms with Crippen LogP contribution < -0.4 is 0 Å². The van der Waals surface area contributed by atoms with Crippen LogP contribution in [0.1, 0.15) is 18.1 Å². The Hall–Kier alpha value is -1.92. The lowest BCUT2D eigenvalue weighted by Crippen LogP contribution is -2.09. The van der Waals surface area contributed by atoms with Crippen LogP contribution >= 0.6 is 31.9 Å². The molecule has 6 heteroatoms. The van der Waals surface area contributed by atoms with Crippen molar-refractivity contribution in [2.45, 2.75) is 20.1 Å². The first-order valence-electron chi connectivity index (χ1n) is 7.45. The summed E-state index contributed by atoms with van der Waals surface area (Å²) >= 11 is 6.71. The van der Waals surface area contributed by atoms with Crippen molar-refractivity contribution >= 4 is 43.8 Å². The first kappa shape index (κ1) is 19.4. The molecule has 0 heterocycles. The Balaban J connectivity index is 1.84. The zero-order valence-electron chi connectivity index (χ0n) is 13.5. The summed E-state index contributed by atoms with van der Waals surface area (Å²) in [5, 5.41) is 0. The summed E-state index contributed by atoms with van der Waals surface area (Å²) in [6.45, 7) is 1.79. The number of ether oxygens (including phenoxy) is 2. The van der Waals surface area contributed by atoms with Crippen LogP contribution in [0.2, 0.25) is 0 Å². The van der Waals surface area contributed by atoms with Crippen LogP contribution in [0.5, 0.6) is 0 Å². The molecule has 0 aromatic heterocycles. The summed E-state index contributed by atoms with van der Waals surface area (Å²) in [5.74, 6) is -1.14. The molecule has 0 aliphatic heterocycles. The predicted molar refractivity (Wildman–Crippen MR) is 102 cm³/mol. The second-order valence-corrected chi connectivity index (χ2v) is 7.10. The van der Waals surface area contributed by atoms with E-state index in [4.69, 9.17) is 9.47 Å². The average molecular weight is 468 g/mol. The second kappa shape index (κ2) is 9.53. The van der Waals surface area contributed by atoms with Crippen LogP contribution in [0.25, 0.3) is 0 Å². The zero-order chi connectivity index (χ0) is 18.2. The summed E-state index contributed by atoms with van der Waals surface area (Å²) in [4.78, 5) is 23.8. The van der Waals surface area contributed by atoms with E-state index >= 15 is 0 Å².